The summed E-state index contributed by atoms with van der Waals surface area (Å²) in [5.74, 6) is -0.0230. The zero-order chi connectivity index (χ0) is 19.8. The van der Waals surface area contributed by atoms with Crippen molar-refractivity contribution in [3.63, 3.8) is 0 Å². The van der Waals surface area contributed by atoms with Crippen LogP contribution in [0.15, 0.2) is 60.7 Å². The Morgan fingerprint density at radius 3 is 2.57 bits per heavy atom. The van der Waals surface area contributed by atoms with Crippen molar-refractivity contribution in [2.45, 2.75) is 6.42 Å². The van der Waals surface area contributed by atoms with Gasteiger partial charge in [-0.15, -0.1) is 0 Å². The molecule has 28 heavy (non-hydrogen) atoms. The SMILES string of the molecule is COCCCNC(=O)c1cc(Nc2ccccc2F)nc(-c2ccccc2)n1. The number of carbonyl (C=O) groups is 1. The number of amides is 1. The lowest BCUT2D eigenvalue weighted by Crippen LogP contribution is -2.26. The van der Waals surface area contributed by atoms with Gasteiger partial charge in [-0.25, -0.2) is 14.4 Å². The number of halogens is 1. The lowest BCUT2D eigenvalue weighted by molar-refractivity contribution is 0.0943. The maximum absolute atomic E-state index is 14.0. The highest BCUT2D eigenvalue weighted by molar-refractivity contribution is 5.93. The Labute approximate surface area is 162 Å². The number of nitrogens with zero attached hydrogens (tertiary/aromatic N) is 2. The monoisotopic (exact) mass is 380 g/mol. The van der Waals surface area contributed by atoms with E-state index >= 15 is 0 Å². The van der Waals surface area contributed by atoms with E-state index in [1.165, 1.54) is 12.1 Å². The minimum atomic E-state index is -0.409. The van der Waals surface area contributed by atoms with Crippen molar-refractivity contribution >= 4 is 17.4 Å². The fraction of sp³-hybridized carbons (Fsp3) is 0.190. The van der Waals surface area contributed by atoms with Crippen molar-refractivity contribution < 1.29 is 13.9 Å². The van der Waals surface area contributed by atoms with Crippen LogP contribution in [0.3, 0.4) is 0 Å². The van der Waals surface area contributed by atoms with Crippen molar-refractivity contribution in [2.75, 3.05) is 25.6 Å². The number of anilines is 2. The Balaban J connectivity index is 1.90. The van der Waals surface area contributed by atoms with Crippen LogP contribution in [-0.2, 0) is 4.74 Å². The van der Waals surface area contributed by atoms with E-state index in [1.807, 2.05) is 30.3 Å². The number of carbonyl (C=O) groups excluding carboxylic acids is 1. The van der Waals surface area contributed by atoms with Gasteiger partial charge in [-0.3, -0.25) is 4.79 Å². The van der Waals surface area contributed by atoms with E-state index in [2.05, 4.69) is 20.6 Å². The zero-order valence-corrected chi connectivity index (χ0v) is 15.5. The van der Waals surface area contributed by atoms with Gasteiger partial charge in [-0.2, -0.15) is 0 Å². The maximum atomic E-state index is 14.0. The van der Waals surface area contributed by atoms with Crippen LogP contribution in [-0.4, -0.2) is 36.1 Å². The molecule has 3 rings (SSSR count). The molecule has 1 heterocycles. The van der Waals surface area contributed by atoms with Gasteiger partial charge in [0.2, 0.25) is 0 Å². The highest BCUT2D eigenvalue weighted by atomic mass is 19.1. The molecule has 2 N–H and O–H groups in total. The highest BCUT2D eigenvalue weighted by Gasteiger charge is 2.14. The molecule has 0 atom stereocenters. The molecule has 0 saturated carbocycles. The summed E-state index contributed by atoms with van der Waals surface area (Å²) >= 11 is 0. The number of rotatable bonds is 8. The van der Waals surface area contributed by atoms with Crippen LogP contribution in [0.1, 0.15) is 16.9 Å². The van der Waals surface area contributed by atoms with Gasteiger partial charge >= 0.3 is 0 Å². The summed E-state index contributed by atoms with van der Waals surface area (Å²) in [7, 11) is 1.61. The quantitative estimate of drug-likeness (QED) is 0.582. The van der Waals surface area contributed by atoms with Crippen LogP contribution in [0.25, 0.3) is 11.4 Å². The van der Waals surface area contributed by atoms with Gasteiger partial charge in [0.25, 0.3) is 5.91 Å². The maximum Gasteiger partial charge on any atom is 0.270 e. The molecule has 3 aromatic rings. The average Bonchev–Trinajstić information content (AvgIpc) is 2.73. The second kappa shape index (κ2) is 9.57. The Morgan fingerprint density at radius 2 is 1.82 bits per heavy atom. The van der Waals surface area contributed by atoms with Crippen molar-refractivity contribution in [3.05, 3.63) is 72.2 Å². The molecule has 0 aliphatic heterocycles. The number of hydrogen-bond donors (Lipinski definition) is 2. The predicted octanol–water partition coefficient (Wildman–Crippen LogP) is 3.79. The largest absolute Gasteiger partial charge is 0.385 e. The number of hydrogen-bond acceptors (Lipinski definition) is 5. The standard InChI is InChI=1S/C21H21FN4O2/c1-28-13-7-12-23-21(27)18-14-19(24-17-11-6-5-10-16(17)22)26-20(25-18)15-8-3-2-4-9-15/h2-6,8-11,14H,7,12-13H2,1H3,(H,23,27)(H,24,25,26). The molecule has 0 aliphatic rings. The van der Waals surface area contributed by atoms with Crippen LogP contribution < -0.4 is 10.6 Å². The molecule has 0 unspecified atom stereocenters. The van der Waals surface area contributed by atoms with Gasteiger partial charge in [0, 0.05) is 31.9 Å². The summed E-state index contributed by atoms with van der Waals surface area (Å²) in [6.45, 7) is 1.02. The van der Waals surface area contributed by atoms with E-state index in [-0.39, 0.29) is 17.3 Å². The Bertz CT molecular complexity index is 935. The molecule has 0 saturated heterocycles. The molecule has 6 nitrogen and oxygen atoms in total. The molecule has 2 aromatic carbocycles. The van der Waals surface area contributed by atoms with Crippen molar-refractivity contribution in [3.8, 4) is 11.4 Å². The van der Waals surface area contributed by atoms with E-state index in [9.17, 15) is 9.18 Å². The molecule has 0 aliphatic carbocycles. The van der Waals surface area contributed by atoms with E-state index in [0.717, 1.165) is 5.56 Å². The predicted molar refractivity (Wildman–Crippen MR) is 106 cm³/mol. The number of aromatic nitrogens is 2. The lowest BCUT2D eigenvalue weighted by Gasteiger charge is -2.11. The van der Waals surface area contributed by atoms with Gasteiger partial charge in [-0.05, 0) is 18.6 Å². The van der Waals surface area contributed by atoms with Gasteiger partial charge in [0.1, 0.15) is 17.3 Å². The van der Waals surface area contributed by atoms with Crippen LogP contribution in [0.2, 0.25) is 0 Å². The first kappa shape index (κ1) is 19.4. The van der Waals surface area contributed by atoms with Crippen LogP contribution in [0.4, 0.5) is 15.9 Å². The minimum Gasteiger partial charge on any atom is -0.385 e. The number of benzene rings is 2. The van der Waals surface area contributed by atoms with Crippen LogP contribution >= 0.6 is 0 Å². The fourth-order valence-corrected chi connectivity index (χ4v) is 2.55. The number of nitrogens with one attached hydrogen (secondary N) is 2. The van der Waals surface area contributed by atoms with E-state index in [4.69, 9.17) is 4.74 Å². The van der Waals surface area contributed by atoms with E-state index in [1.54, 1.807) is 25.3 Å². The molecule has 0 fully saturated rings. The normalized spacial score (nSPS) is 10.5. The number of para-hydroxylation sites is 1. The third kappa shape index (κ3) is 5.11. The topological polar surface area (TPSA) is 76.1 Å². The smallest absolute Gasteiger partial charge is 0.270 e. The van der Waals surface area contributed by atoms with Gasteiger partial charge in [-0.1, -0.05) is 42.5 Å². The second-order valence-corrected chi connectivity index (χ2v) is 6.04. The Hall–Kier alpha value is -3.32. The summed E-state index contributed by atoms with van der Waals surface area (Å²) in [4.78, 5) is 21.3. The van der Waals surface area contributed by atoms with Gasteiger partial charge < -0.3 is 15.4 Å². The molecule has 0 radical (unpaired) electrons. The summed E-state index contributed by atoms with van der Waals surface area (Å²) in [5, 5.41) is 5.73. The third-order valence-corrected chi connectivity index (χ3v) is 3.94. The molecule has 0 bridgehead atoms. The zero-order valence-electron chi connectivity index (χ0n) is 15.5. The number of ether oxygens (including phenoxy) is 1. The van der Waals surface area contributed by atoms with Gasteiger partial charge in [0.15, 0.2) is 5.82 Å². The highest BCUT2D eigenvalue weighted by Crippen LogP contribution is 2.22. The summed E-state index contributed by atoms with van der Waals surface area (Å²) in [6, 6.07) is 17.1. The fourth-order valence-electron chi connectivity index (χ4n) is 2.55. The molecule has 7 heteroatoms. The number of methoxy groups -OCH3 is 1. The molecular formula is C21H21FN4O2. The van der Waals surface area contributed by atoms with Gasteiger partial charge in [0.05, 0.1) is 5.69 Å². The Kier molecular flexibility index (Phi) is 6.64. The molecule has 1 aromatic heterocycles. The minimum absolute atomic E-state index is 0.199. The van der Waals surface area contributed by atoms with Crippen LogP contribution in [0.5, 0.6) is 0 Å². The second-order valence-electron chi connectivity index (χ2n) is 6.04. The average molecular weight is 380 g/mol. The summed E-state index contributed by atoms with van der Waals surface area (Å²) in [5.41, 5.74) is 1.23. The van der Waals surface area contributed by atoms with Crippen molar-refractivity contribution in [1.82, 2.24) is 15.3 Å². The third-order valence-electron chi connectivity index (χ3n) is 3.94. The summed E-state index contributed by atoms with van der Waals surface area (Å²) < 4.78 is 19.0. The van der Waals surface area contributed by atoms with Crippen molar-refractivity contribution in [2.24, 2.45) is 0 Å². The molecule has 144 valence electrons. The molecule has 1 amide bonds. The lowest BCUT2D eigenvalue weighted by atomic mass is 10.2. The first-order valence-electron chi connectivity index (χ1n) is 8.90. The van der Waals surface area contributed by atoms with Crippen molar-refractivity contribution in [1.29, 1.82) is 0 Å². The summed E-state index contributed by atoms with van der Waals surface area (Å²) in [6.07, 6.45) is 0.694. The molecule has 0 spiro atoms. The van der Waals surface area contributed by atoms with E-state index < -0.39 is 5.82 Å². The van der Waals surface area contributed by atoms with E-state index in [0.29, 0.717) is 31.2 Å². The van der Waals surface area contributed by atoms with Crippen LogP contribution in [0, 0.1) is 5.82 Å². The first-order chi connectivity index (χ1) is 13.7. The molecular weight excluding hydrogens is 359 g/mol. The Morgan fingerprint density at radius 1 is 1.07 bits per heavy atom. The first-order valence-corrected chi connectivity index (χ1v) is 8.90.